The summed E-state index contributed by atoms with van der Waals surface area (Å²) in [6.45, 7) is 9.29. The predicted octanol–water partition coefficient (Wildman–Crippen LogP) is 4.23. The van der Waals surface area contributed by atoms with E-state index in [0.717, 1.165) is 19.3 Å². The molecule has 0 bridgehead atoms. The van der Waals surface area contributed by atoms with Gasteiger partial charge in [-0.1, -0.05) is 13.8 Å². The summed E-state index contributed by atoms with van der Waals surface area (Å²) in [5.41, 5.74) is -0.385. The van der Waals surface area contributed by atoms with Crippen LogP contribution in [0.1, 0.15) is 53.9 Å². The fourth-order valence-corrected chi connectivity index (χ4v) is 2.95. The highest BCUT2D eigenvalue weighted by Gasteiger charge is 2.50. The smallest absolute Gasteiger partial charge is 0.284 e. The van der Waals surface area contributed by atoms with Gasteiger partial charge in [0.05, 0.1) is 0 Å². The molecule has 0 heterocycles. The summed E-state index contributed by atoms with van der Waals surface area (Å²) in [4.78, 5) is 1.69. The molecular weight excluding hydrogens is 227 g/mol. The molecule has 1 nitrogen and oxygen atoms in total. The van der Waals surface area contributed by atoms with Crippen LogP contribution in [0, 0.1) is 5.92 Å². The lowest BCUT2D eigenvalue weighted by molar-refractivity contribution is -0.195. The molecule has 1 atom stereocenters. The SMILES string of the molecule is CC(C)CC(C)(C)N(C1CC1)[C@@H](C)C(F)(F)F. The Morgan fingerprint density at radius 3 is 1.88 bits per heavy atom. The maximum atomic E-state index is 12.9. The van der Waals surface area contributed by atoms with Crippen molar-refractivity contribution in [1.29, 1.82) is 0 Å². The van der Waals surface area contributed by atoms with Crippen LogP contribution in [0.15, 0.2) is 0 Å². The highest BCUT2D eigenvalue weighted by atomic mass is 19.4. The highest BCUT2D eigenvalue weighted by molar-refractivity contribution is 4.98. The van der Waals surface area contributed by atoms with E-state index < -0.39 is 12.2 Å². The predicted molar refractivity (Wildman–Crippen MR) is 63.9 cm³/mol. The van der Waals surface area contributed by atoms with Crippen molar-refractivity contribution in [2.75, 3.05) is 0 Å². The molecule has 1 aliphatic rings. The number of hydrogen-bond donors (Lipinski definition) is 0. The zero-order chi connectivity index (χ0) is 13.4. The van der Waals surface area contributed by atoms with Gasteiger partial charge in [-0.25, -0.2) is 0 Å². The Morgan fingerprint density at radius 2 is 1.59 bits per heavy atom. The third kappa shape index (κ3) is 3.87. The van der Waals surface area contributed by atoms with Crippen LogP contribution in [-0.2, 0) is 0 Å². The van der Waals surface area contributed by atoms with E-state index in [-0.39, 0.29) is 11.6 Å². The lowest BCUT2D eigenvalue weighted by Gasteiger charge is -2.44. The molecule has 1 aliphatic carbocycles. The minimum absolute atomic E-state index is 0.125. The van der Waals surface area contributed by atoms with Gasteiger partial charge in [-0.05, 0) is 46.0 Å². The van der Waals surface area contributed by atoms with Crippen molar-refractivity contribution in [1.82, 2.24) is 4.90 Å². The summed E-state index contributed by atoms with van der Waals surface area (Å²) in [5.74, 6) is 0.409. The molecule has 0 aromatic rings. The lowest BCUT2D eigenvalue weighted by Crippen LogP contribution is -2.55. The normalized spacial score (nSPS) is 20.1. The Balaban J connectivity index is 2.85. The Labute approximate surface area is 102 Å². The summed E-state index contributed by atoms with van der Waals surface area (Å²) in [6, 6.07) is -1.22. The van der Waals surface area contributed by atoms with Gasteiger partial charge in [-0.2, -0.15) is 13.2 Å². The molecule has 0 unspecified atom stereocenters. The first-order valence-electron chi connectivity index (χ1n) is 6.41. The van der Waals surface area contributed by atoms with E-state index in [1.165, 1.54) is 6.92 Å². The molecule has 17 heavy (non-hydrogen) atoms. The van der Waals surface area contributed by atoms with Crippen LogP contribution in [0.4, 0.5) is 13.2 Å². The average Bonchev–Trinajstić information content (AvgIpc) is 2.82. The van der Waals surface area contributed by atoms with Crippen molar-refractivity contribution in [2.24, 2.45) is 5.92 Å². The summed E-state index contributed by atoms with van der Waals surface area (Å²) in [5, 5.41) is 0. The van der Waals surface area contributed by atoms with E-state index in [1.54, 1.807) is 4.90 Å². The molecular formula is C13H24F3N. The van der Waals surface area contributed by atoms with Crippen molar-refractivity contribution >= 4 is 0 Å². The minimum Gasteiger partial charge on any atom is -0.284 e. The fraction of sp³-hybridized carbons (Fsp3) is 1.00. The van der Waals surface area contributed by atoms with Gasteiger partial charge in [0.25, 0.3) is 0 Å². The van der Waals surface area contributed by atoms with Gasteiger partial charge in [0.1, 0.15) is 6.04 Å². The molecule has 1 saturated carbocycles. The largest absolute Gasteiger partial charge is 0.403 e. The van der Waals surface area contributed by atoms with E-state index >= 15 is 0 Å². The highest BCUT2D eigenvalue weighted by Crippen LogP contribution is 2.41. The Bertz CT molecular complexity index is 254. The Hall–Kier alpha value is -0.250. The number of rotatable bonds is 5. The zero-order valence-corrected chi connectivity index (χ0v) is 11.4. The van der Waals surface area contributed by atoms with Crippen LogP contribution in [0.25, 0.3) is 0 Å². The van der Waals surface area contributed by atoms with Crippen LogP contribution in [0.2, 0.25) is 0 Å². The van der Waals surface area contributed by atoms with Gasteiger partial charge in [0.2, 0.25) is 0 Å². The molecule has 1 rings (SSSR count). The second kappa shape index (κ2) is 4.79. The third-order valence-corrected chi connectivity index (χ3v) is 3.44. The molecule has 0 saturated heterocycles. The second-order valence-electron chi connectivity index (χ2n) is 6.27. The molecule has 4 heteroatoms. The molecule has 1 fully saturated rings. The summed E-state index contributed by atoms with van der Waals surface area (Å²) in [7, 11) is 0. The monoisotopic (exact) mass is 251 g/mol. The van der Waals surface area contributed by atoms with E-state index in [0.29, 0.717) is 5.92 Å². The van der Waals surface area contributed by atoms with Gasteiger partial charge in [-0.3, -0.25) is 4.90 Å². The van der Waals surface area contributed by atoms with Crippen LogP contribution in [0.5, 0.6) is 0 Å². The van der Waals surface area contributed by atoms with Gasteiger partial charge >= 0.3 is 6.18 Å². The van der Waals surface area contributed by atoms with Crippen LogP contribution in [-0.4, -0.2) is 28.7 Å². The molecule has 102 valence electrons. The Kier molecular flexibility index (Phi) is 4.17. The van der Waals surface area contributed by atoms with E-state index in [9.17, 15) is 13.2 Å². The summed E-state index contributed by atoms with van der Waals surface area (Å²) >= 11 is 0. The van der Waals surface area contributed by atoms with Gasteiger partial charge < -0.3 is 0 Å². The number of hydrogen-bond acceptors (Lipinski definition) is 1. The quantitative estimate of drug-likeness (QED) is 0.707. The topological polar surface area (TPSA) is 3.24 Å². The van der Waals surface area contributed by atoms with Crippen LogP contribution < -0.4 is 0 Å². The van der Waals surface area contributed by atoms with Crippen LogP contribution in [0.3, 0.4) is 0 Å². The number of alkyl halides is 3. The molecule has 0 amide bonds. The maximum Gasteiger partial charge on any atom is 0.403 e. The first-order valence-corrected chi connectivity index (χ1v) is 6.41. The molecule has 0 spiro atoms. The average molecular weight is 251 g/mol. The van der Waals surface area contributed by atoms with E-state index in [1.807, 2.05) is 13.8 Å². The lowest BCUT2D eigenvalue weighted by atomic mass is 9.89. The van der Waals surface area contributed by atoms with Crippen molar-refractivity contribution < 1.29 is 13.2 Å². The summed E-state index contributed by atoms with van der Waals surface area (Å²) in [6.07, 6.45) is -1.52. The van der Waals surface area contributed by atoms with E-state index in [2.05, 4.69) is 13.8 Å². The maximum absolute atomic E-state index is 12.9. The van der Waals surface area contributed by atoms with Crippen molar-refractivity contribution in [3.05, 3.63) is 0 Å². The summed E-state index contributed by atoms with van der Waals surface area (Å²) < 4.78 is 38.7. The third-order valence-electron chi connectivity index (χ3n) is 3.44. The molecule has 0 N–H and O–H groups in total. The van der Waals surface area contributed by atoms with Gasteiger partial charge in [-0.15, -0.1) is 0 Å². The van der Waals surface area contributed by atoms with Crippen molar-refractivity contribution in [3.63, 3.8) is 0 Å². The van der Waals surface area contributed by atoms with E-state index in [4.69, 9.17) is 0 Å². The zero-order valence-electron chi connectivity index (χ0n) is 11.4. The number of halogens is 3. The minimum atomic E-state index is -4.13. The first kappa shape index (κ1) is 14.8. The molecule has 0 aromatic heterocycles. The first-order chi connectivity index (χ1) is 7.55. The fourth-order valence-electron chi connectivity index (χ4n) is 2.95. The van der Waals surface area contributed by atoms with Crippen LogP contribution >= 0.6 is 0 Å². The Morgan fingerprint density at radius 1 is 1.12 bits per heavy atom. The number of nitrogens with zero attached hydrogens (tertiary/aromatic N) is 1. The molecule has 0 radical (unpaired) electrons. The van der Waals surface area contributed by atoms with Crippen molar-refractivity contribution in [2.45, 2.75) is 77.7 Å². The molecule has 0 aliphatic heterocycles. The van der Waals surface area contributed by atoms with Crippen molar-refractivity contribution in [3.8, 4) is 0 Å². The van der Waals surface area contributed by atoms with Gasteiger partial charge in [0, 0.05) is 11.6 Å². The molecule has 0 aromatic carbocycles. The second-order valence-corrected chi connectivity index (χ2v) is 6.27. The van der Waals surface area contributed by atoms with Gasteiger partial charge in [0.15, 0.2) is 0 Å². The standard InChI is InChI=1S/C13H24F3N/c1-9(2)8-12(4,5)17(11-6-7-11)10(3)13(14,15)16/h9-11H,6-8H2,1-5H3/t10-/m0/s1.